The summed E-state index contributed by atoms with van der Waals surface area (Å²) >= 11 is 0. The molecular weight excluding hydrogens is 378 g/mol. The van der Waals surface area contributed by atoms with Gasteiger partial charge >= 0.3 is 6.03 Å². The number of carbonyl (C=O) groups excluding carboxylic acids is 3. The predicted octanol–water partition coefficient (Wildman–Crippen LogP) is 0.690. The van der Waals surface area contributed by atoms with Gasteiger partial charge in [0.2, 0.25) is 5.91 Å². The molecule has 2 rings (SSSR count). The van der Waals surface area contributed by atoms with E-state index in [1.165, 1.54) is 7.11 Å². The van der Waals surface area contributed by atoms with E-state index in [9.17, 15) is 19.5 Å². The first-order valence-electron chi connectivity index (χ1n) is 9.53. The Morgan fingerprint density at radius 2 is 1.93 bits per heavy atom. The van der Waals surface area contributed by atoms with E-state index in [0.29, 0.717) is 17.9 Å². The lowest BCUT2D eigenvalue weighted by Gasteiger charge is -2.20. The monoisotopic (exact) mass is 407 g/mol. The molecule has 3 N–H and O–H groups in total. The van der Waals surface area contributed by atoms with Crippen molar-refractivity contribution in [3.05, 3.63) is 23.8 Å². The summed E-state index contributed by atoms with van der Waals surface area (Å²) in [5.41, 5.74) is 0.882. The first-order chi connectivity index (χ1) is 13.8. The van der Waals surface area contributed by atoms with Crippen LogP contribution in [-0.2, 0) is 16.0 Å². The van der Waals surface area contributed by atoms with Crippen LogP contribution in [0.25, 0.3) is 0 Å². The number of nitrogens with zero attached hydrogens (tertiary/aromatic N) is 1. The molecule has 9 nitrogen and oxygen atoms in total. The number of hydrogen-bond donors (Lipinski definition) is 3. The van der Waals surface area contributed by atoms with Crippen LogP contribution < -0.4 is 20.1 Å². The fourth-order valence-corrected chi connectivity index (χ4v) is 3.08. The van der Waals surface area contributed by atoms with Gasteiger partial charge in [-0.15, -0.1) is 0 Å². The Morgan fingerprint density at radius 3 is 2.52 bits per heavy atom. The van der Waals surface area contributed by atoms with Gasteiger partial charge in [0.15, 0.2) is 11.5 Å². The maximum absolute atomic E-state index is 12.6. The van der Waals surface area contributed by atoms with Gasteiger partial charge in [0, 0.05) is 6.54 Å². The number of hydrogen-bond acceptors (Lipinski definition) is 6. The lowest BCUT2D eigenvalue weighted by atomic mass is 10.0. The molecular formula is C20H29N3O6. The Morgan fingerprint density at radius 1 is 1.24 bits per heavy atom. The molecule has 0 bridgehead atoms. The standard InChI is InChI=1S/C20H29N3O6/c1-12(2)15(11-24)21-18(25)10-14-19(26)23(20(27)22-14)8-7-13-5-6-16(28-3)17(9-13)29-4/h5-6,9,12,14-15,24H,7-8,10-11H2,1-4H3,(H,21,25)(H,22,27)/t14-,15+/m0/s1. The highest BCUT2D eigenvalue weighted by atomic mass is 16.5. The Labute approximate surface area is 170 Å². The fraction of sp³-hybridized carbons (Fsp3) is 0.550. The maximum Gasteiger partial charge on any atom is 0.324 e. The first kappa shape index (κ1) is 22.5. The third kappa shape index (κ3) is 5.60. The zero-order valence-electron chi connectivity index (χ0n) is 17.2. The number of ether oxygens (including phenoxy) is 2. The molecule has 1 aromatic rings. The highest BCUT2D eigenvalue weighted by molar-refractivity contribution is 6.05. The SMILES string of the molecule is COc1ccc(CCN2C(=O)N[C@@H](CC(=O)N[C@H](CO)C(C)C)C2=O)cc1OC. The van der Waals surface area contributed by atoms with Crippen molar-refractivity contribution in [2.45, 2.75) is 38.8 Å². The summed E-state index contributed by atoms with van der Waals surface area (Å²) in [5, 5.41) is 14.6. The Kier molecular flexibility index (Phi) is 7.83. The molecule has 0 spiro atoms. The quantitative estimate of drug-likeness (QED) is 0.491. The Hall–Kier alpha value is -2.81. The molecule has 1 saturated heterocycles. The minimum atomic E-state index is -0.903. The summed E-state index contributed by atoms with van der Waals surface area (Å²) < 4.78 is 10.5. The van der Waals surface area contributed by atoms with E-state index in [1.54, 1.807) is 19.2 Å². The summed E-state index contributed by atoms with van der Waals surface area (Å²) in [6.07, 6.45) is 0.277. The second-order valence-electron chi connectivity index (χ2n) is 7.24. The van der Waals surface area contributed by atoms with Gasteiger partial charge in [-0.1, -0.05) is 19.9 Å². The zero-order chi connectivity index (χ0) is 21.6. The number of urea groups is 1. The van der Waals surface area contributed by atoms with Gasteiger partial charge in [-0.2, -0.15) is 0 Å². The highest BCUT2D eigenvalue weighted by Crippen LogP contribution is 2.27. The van der Waals surface area contributed by atoms with E-state index in [2.05, 4.69) is 10.6 Å². The molecule has 0 aromatic heterocycles. The number of nitrogens with one attached hydrogen (secondary N) is 2. The molecule has 1 aromatic carbocycles. The summed E-state index contributed by atoms with van der Waals surface area (Å²) in [6, 6.07) is 3.58. The average Bonchev–Trinajstić information content (AvgIpc) is 2.96. The van der Waals surface area contributed by atoms with Crippen LogP contribution in [0, 0.1) is 5.92 Å². The van der Waals surface area contributed by atoms with Crippen molar-refractivity contribution in [3.63, 3.8) is 0 Å². The number of carbonyl (C=O) groups is 3. The van der Waals surface area contributed by atoms with E-state index in [1.807, 2.05) is 19.9 Å². The zero-order valence-corrected chi connectivity index (χ0v) is 17.2. The minimum absolute atomic E-state index is 0.0517. The molecule has 160 valence electrons. The fourth-order valence-electron chi connectivity index (χ4n) is 3.08. The molecule has 0 saturated carbocycles. The minimum Gasteiger partial charge on any atom is -0.493 e. The van der Waals surface area contributed by atoms with Gasteiger partial charge in [-0.3, -0.25) is 14.5 Å². The van der Waals surface area contributed by atoms with Crippen molar-refractivity contribution in [1.29, 1.82) is 0 Å². The van der Waals surface area contributed by atoms with Crippen LogP contribution in [0.5, 0.6) is 11.5 Å². The van der Waals surface area contributed by atoms with Gasteiger partial charge in [0.1, 0.15) is 6.04 Å². The number of aliphatic hydroxyl groups is 1. The van der Waals surface area contributed by atoms with E-state index in [0.717, 1.165) is 10.5 Å². The molecule has 4 amide bonds. The van der Waals surface area contributed by atoms with E-state index in [4.69, 9.17) is 9.47 Å². The number of benzene rings is 1. The molecule has 0 radical (unpaired) electrons. The van der Waals surface area contributed by atoms with E-state index >= 15 is 0 Å². The largest absolute Gasteiger partial charge is 0.493 e. The van der Waals surface area contributed by atoms with Gasteiger partial charge < -0.3 is 25.2 Å². The van der Waals surface area contributed by atoms with Crippen LogP contribution in [0.2, 0.25) is 0 Å². The maximum atomic E-state index is 12.6. The third-order valence-corrected chi connectivity index (χ3v) is 4.92. The highest BCUT2D eigenvalue weighted by Gasteiger charge is 2.39. The summed E-state index contributed by atoms with van der Waals surface area (Å²) in [7, 11) is 3.08. The van der Waals surface area contributed by atoms with Gasteiger partial charge in [-0.25, -0.2) is 4.79 Å². The Balaban J connectivity index is 1.94. The number of aliphatic hydroxyl groups excluding tert-OH is 1. The van der Waals surface area contributed by atoms with Crippen LogP contribution >= 0.6 is 0 Å². The van der Waals surface area contributed by atoms with Crippen molar-refractivity contribution in [2.75, 3.05) is 27.4 Å². The molecule has 29 heavy (non-hydrogen) atoms. The molecule has 1 fully saturated rings. The van der Waals surface area contributed by atoms with Crippen molar-refractivity contribution in [2.24, 2.45) is 5.92 Å². The Bertz CT molecular complexity index is 752. The number of methoxy groups -OCH3 is 2. The first-order valence-corrected chi connectivity index (χ1v) is 9.53. The van der Waals surface area contributed by atoms with Crippen molar-refractivity contribution in [1.82, 2.24) is 15.5 Å². The lowest BCUT2D eigenvalue weighted by molar-refractivity contribution is -0.131. The summed E-state index contributed by atoms with van der Waals surface area (Å²) in [6.45, 7) is 3.74. The summed E-state index contributed by atoms with van der Waals surface area (Å²) in [5.74, 6) is 0.393. The van der Waals surface area contributed by atoms with Crippen molar-refractivity contribution < 1.29 is 29.0 Å². The predicted molar refractivity (Wildman–Crippen MR) is 106 cm³/mol. The molecule has 0 unspecified atom stereocenters. The normalized spacial score (nSPS) is 17.3. The molecule has 9 heteroatoms. The molecule has 1 aliphatic heterocycles. The molecule has 1 heterocycles. The van der Waals surface area contributed by atoms with Crippen LogP contribution in [0.3, 0.4) is 0 Å². The second-order valence-corrected chi connectivity index (χ2v) is 7.24. The van der Waals surface area contributed by atoms with Gasteiger partial charge in [-0.05, 0) is 30.0 Å². The van der Waals surface area contributed by atoms with Crippen molar-refractivity contribution >= 4 is 17.8 Å². The van der Waals surface area contributed by atoms with Crippen LogP contribution in [0.15, 0.2) is 18.2 Å². The van der Waals surface area contributed by atoms with Crippen LogP contribution in [0.1, 0.15) is 25.8 Å². The number of imide groups is 1. The number of amides is 4. The van der Waals surface area contributed by atoms with Crippen LogP contribution in [-0.4, -0.2) is 67.3 Å². The van der Waals surface area contributed by atoms with Gasteiger partial charge in [0.05, 0.1) is 33.3 Å². The average molecular weight is 407 g/mol. The molecule has 1 aliphatic rings. The number of rotatable bonds is 10. The van der Waals surface area contributed by atoms with E-state index in [-0.39, 0.29) is 25.5 Å². The third-order valence-electron chi connectivity index (χ3n) is 4.92. The molecule has 0 aliphatic carbocycles. The van der Waals surface area contributed by atoms with Gasteiger partial charge in [0.25, 0.3) is 5.91 Å². The smallest absolute Gasteiger partial charge is 0.324 e. The van der Waals surface area contributed by atoms with Crippen molar-refractivity contribution in [3.8, 4) is 11.5 Å². The molecule has 2 atom stereocenters. The van der Waals surface area contributed by atoms with Crippen LogP contribution in [0.4, 0.5) is 4.79 Å². The second kappa shape index (κ2) is 10.1. The van der Waals surface area contributed by atoms with E-state index < -0.39 is 29.9 Å². The topological polar surface area (TPSA) is 117 Å². The lowest BCUT2D eigenvalue weighted by Crippen LogP contribution is -2.44. The summed E-state index contributed by atoms with van der Waals surface area (Å²) in [4.78, 5) is 38.0.